The van der Waals surface area contributed by atoms with Gasteiger partial charge >= 0.3 is 5.97 Å². The van der Waals surface area contributed by atoms with Crippen LogP contribution in [-0.4, -0.2) is 25.8 Å². The van der Waals surface area contributed by atoms with Crippen LogP contribution < -0.4 is 0 Å². The highest BCUT2D eigenvalue weighted by molar-refractivity contribution is 5.70. The van der Waals surface area contributed by atoms with Crippen LogP contribution in [0.5, 0.6) is 0 Å². The first kappa shape index (κ1) is 11.0. The van der Waals surface area contributed by atoms with E-state index in [-0.39, 0.29) is 5.92 Å². The number of rotatable bonds is 3. The van der Waals surface area contributed by atoms with Gasteiger partial charge in [0, 0.05) is 13.0 Å². The first-order valence-electron chi connectivity index (χ1n) is 5.90. The lowest BCUT2D eigenvalue weighted by Crippen LogP contribution is -2.27. The van der Waals surface area contributed by atoms with Crippen LogP contribution in [0.2, 0.25) is 0 Å². The molecule has 0 amide bonds. The normalized spacial score (nSPS) is 18.6. The van der Waals surface area contributed by atoms with E-state index in [0.717, 1.165) is 17.4 Å². The van der Waals surface area contributed by atoms with E-state index in [1.165, 1.54) is 0 Å². The summed E-state index contributed by atoms with van der Waals surface area (Å²) in [5, 5.41) is 17.3. The fourth-order valence-corrected chi connectivity index (χ4v) is 2.28. The minimum atomic E-state index is -0.752. The van der Waals surface area contributed by atoms with Crippen LogP contribution >= 0.6 is 0 Å². The van der Waals surface area contributed by atoms with E-state index in [0.29, 0.717) is 25.8 Å². The molecule has 0 radical (unpaired) electrons. The molecule has 1 atom stereocenters. The Bertz CT molecular complexity index is 559. The average Bonchev–Trinajstić information content (AvgIpc) is 2.99. The van der Waals surface area contributed by atoms with E-state index in [4.69, 9.17) is 9.52 Å². The smallest absolute Gasteiger partial charge is 0.308 e. The Labute approximate surface area is 103 Å². The molecule has 0 aromatic carbocycles. The van der Waals surface area contributed by atoms with Gasteiger partial charge in [0.1, 0.15) is 17.4 Å². The molecule has 1 aliphatic rings. The molecule has 0 aliphatic carbocycles. The van der Waals surface area contributed by atoms with Crippen LogP contribution in [0, 0.1) is 5.92 Å². The number of fused-ring (bicyclic) bond motifs is 1. The van der Waals surface area contributed by atoms with Crippen molar-refractivity contribution in [2.24, 2.45) is 5.92 Å². The molecule has 1 N–H and O–H groups in total. The summed E-state index contributed by atoms with van der Waals surface area (Å²) in [5.41, 5.74) is 0. The maximum atomic E-state index is 11.0. The van der Waals surface area contributed by atoms with Crippen LogP contribution in [0.3, 0.4) is 0 Å². The van der Waals surface area contributed by atoms with Crippen molar-refractivity contribution < 1.29 is 14.3 Å². The van der Waals surface area contributed by atoms with Crippen LogP contribution in [0.4, 0.5) is 0 Å². The third-order valence-corrected chi connectivity index (χ3v) is 3.29. The third-order valence-electron chi connectivity index (χ3n) is 3.29. The second-order valence-electron chi connectivity index (χ2n) is 4.47. The largest absolute Gasteiger partial charge is 0.481 e. The fraction of sp³-hybridized carbons (Fsp3) is 0.417. The van der Waals surface area contributed by atoms with Crippen molar-refractivity contribution in [2.45, 2.75) is 25.8 Å². The minimum absolute atomic E-state index is 0.344. The van der Waals surface area contributed by atoms with Crippen molar-refractivity contribution >= 4 is 5.97 Å². The Balaban J connectivity index is 1.85. The Morgan fingerprint density at radius 2 is 2.44 bits per heavy atom. The summed E-state index contributed by atoms with van der Waals surface area (Å²) in [4.78, 5) is 11.0. The number of nitrogens with zero attached hydrogens (tertiary/aromatic N) is 3. The van der Waals surface area contributed by atoms with E-state index in [1.807, 2.05) is 16.7 Å². The van der Waals surface area contributed by atoms with Crippen LogP contribution in [-0.2, 0) is 24.2 Å². The lowest BCUT2D eigenvalue weighted by atomic mass is 9.99. The van der Waals surface area contributed by atoms with Crippen molar-refractivity contribution in [1.82, 2.24) is 14.8 Å². The number of hydrogen-bond donors (Lipinski definition) is 1. The van der Waals surface area contributed by atoms with Gasteiger partial charge in [-0.2, -0.15) is 0 Å². The summed E-state index contributed by atoms with van der Waals surface area (Å²) in [6.07, 6.45) is 3.46. The van der Waals surface area contributed by atoms with Gasteiger partial charge in [0.25, 0.3) is 0 Å². The summed E-state index contributed by atoms with van der Waals surface area (Å²) >= 11 is 0. The van der Waals surface area contributed by atoms with Gasteiger partial charge in [-0.1, -0.05) is 0 Å². The van der Waals surface area contributed by atoms with Crippen molar-refractivity contribution in [2.75, 3.05) is 0 Å². The predicted octanol–water partition coefficient (Wildman–Crippen LogP) is 1.11. The molecular formula is C12H13N3O3. The number of aliphatic carboxylic acids is 1. The van der Waals surface area contributed by atoms with Gasteiger partial charge in [-0.15, -0.1) is 10.2 Å². The molecule has 6 nitrogen and oxygen atoms in total. The monoisotopic (exact) mass is 247 g/mol. The maximum absolute atomic E-state index is 11.0. The summed E-state index contributed by atoms with van der Waals surface area (Å²) in [7, 11) is 0. The first-order chi connectivity index (χ1) is 8.74. The molecule has 0 fully saturated rings. The number of hydrogen-bond acceptors (Lipinski definition) is 4. The van der Waals surface area contributed by atoms with Crippen LogP contribution in [0.15, 0.2) is 22.8 Å². The van der Waals surface area contributed by atoms with E-state index in [1.54, 1.807) is 6.26 Å². The standard InChI is InChI=1S/C12H13N3O3/c16-12(17)8-3-4-10-13-14-11(15(10)7-8)6-9-2-1-5-18-9/h1-2,5,8H,3-4,6-7H2,(H,16,17). The average molecular weight is 247 g/mol. The number of carboxylic acid groups (broad SMARTS) is 1. The molecule has 1 unspecified atom stereocenters. The van der Waals surface area contributed by atoms with Gasteiger partial charge in [-0.05, 0) is 18.6 Å². The SMILES string of the molecule is O=C(O)C1CCc2nnc(Cc3ccco3)n2C1. The number of aromatic nitrogens is 3. The molecule has 6 heteroatoms. The molecule has 0 saturated carbocycles. The Morgan fingerprint density at radius 1 is 1.56 bits per heavy atom. The van der Waals surface area contributed by atoms with Crippen LogP contribution in [0.1, 0.15) is 23.8 Å². The molecular weight excluding hydrogens is 234 g/mol. The molecule has 0 spiro atoms. The van der Waals surface area contributed by atoms with Crippen molar-refractivity contribution in [3.8, 4) is 0 Å². The summed E-state index contributed by atoms with van der Waals surface area (Å²) in [5.74, 6) is 1.35. The van der Waals surface area contributed by atoms with Crippen molar-refractivity contribution in [3.05, 3.63) is 35.8 Å². The van der Waals surface area contributed by atoms with Crippen molar-refractivity contribution in [3.63, 3.8) is 0 Å². The molecule has 3 rings (SSSR count). The van der Waals surface area contributed by atoms with E-state index < -0.39 is 5.97 Å². The lowest BCUT2D eigenvalue weighted by Gasteiger charge is -2.20. The Morgan fingerprint density at radius 3 is 3.17 bits per heavy atom. The predicted molar refractivity (Wildman–Crippen MR) is 61.0 cm³/mol. The molecule has 2 aromatic rings. The van der Waals surface area contributed by atoms with E-state index >= 15 is 0 Å². The third kappa shape index (κ3) is 1.90. The molecule has 3 heterocycles. The van der Waals surface area contributed by atoms with Gasteiger partial charge in [-0.3, -0.25) is 4.79 Å². The molecule has 0 saturated heterocycles. The zero-order chi connectivity index (χ0) is 12.5. The number of carboxylic acids is 1. The maximum Gasteiger partial charge on any atom is 0.308 e. The second-order valence-corrected chi connectivity index (χ2v) is 4.47. The minimum Gasteiger partial charge on any atom is -0.481 e. The van der Waals surface area contributed by atoms with Gasteiger partial charge in [0.05, 0.1) is 18.6 Å². The highest BCUT2D eigenvalue weighted by atomic mass is 16.4. The fourth-order valence-electron chi connectivity index (χ4n) is 2.28. The molecule has 94 valence electrons. The molecule has 18 heavy (non-hydrogen) atoms. The number of aryl methyl sites for hydroxylation is 1. The van der Waals surface area contributed by atoms with Crippen LogP contribution in [0.25, 0.3) is 0 Å². The second kappa shape index (κ2) is 4.29. The highest BCUT2D eigenvalue weighted by Gasteiger charge is 2.27. The van der Waals surface area contributed by atoms with Gasteiger partial charge in [0.15, 0.2) is 0 Å². The molecule has 0 bridgehead atoms. The van der Waals surface area contributed by atoms with Crippen molar-refractivity contribution in [1.29, 1.82) is 0 Å². The zero-order valence-electron chi connectivity index (χ0n) is 9.74. The topological polar surface area (TPSA) is 81.2 Å². The lowest BCUT2D eigenvalue weighted by molar-refractivity contribution is -0.142. The quantitative estimate of drug-likeness (QED) is 0.878. The number of carbonyl (C=O) groups is 1. The number of furan rings is 1. The van der Waals surface area contributed by atoms with E-state index in [9.17, 15) is 4.79 Å². The summed E-state index contributed by atoms with van der Waals surface area (Å²) < 4.78 is 7.18. The Kier molecular flexibility index (Phi) is 2.62. The molecule has 1 aliphatic heterocycles. The highest BCUT2D eigenvalue weighted by Crippen LogP contribution is 2.21. The first-order valence-corrected chi connectivity index (χ1v) is 5.90. The molecule has 2 aromatic heterocycles. The van der Waals surface area contributed by atoms with Gasteiger partial charge in [0.2, 0.25) is 0 Å². The summed E-state index contributed by atoms with van der Waals surface area (Å²) in [6.45, 7) is 0.452. The van der Waals surface area contributed by atoms with Gasteiger partial charge < -0.3 is 14.1 Å². The zero-order valence-corrected chi connectivity index (χ0v) is 9.74. The van der Waals surface area contributed by atoms with Gasteiger partial charge in [-0.25, -0.2) is 0 Å². The van der Waals surface area contributed by atoms with E-state index in [2.05, 4.69) is 10.2 Å². The Hall–Kier alpha value is -2.11. The summed E-state index contributed by atoms with van der Waals surface area (Å²) in [6, 6.07) is 3.70.